The van der Waals surface area contributed by atoms with Crippen molar-refractivity contribution in [1.82, 2.24) is 14.8 Å². The molecule has 1 aliphatic rings. The molecule has 1 unspecified atom stereocenters. The van der Waals surface area contributed by atoms with Gasteiger partial charge in [-0.25, -0.2) is 4.68 Å². The van der Waals surface area contributed by atoms with Gasteiger partial charge in [-0.2, -0.15) is 4.98 Å². The van der Waals surface area contributed by atoms with Crippen molar-refractivity contribution < 1.29 is 19.0 Å². The van der Waals surface area contributed by atoms with Crippen molar-refractivity contribution in [2.24, 2.45) is 0 Å². The molecule has 1 aromatic heterocycles. The van der Waals surface area contributed by atoms with Crippen LogP contribution in [0, 0.1) is 0 Å². The summed E-state index contributed by atoms with van der Waals surface area (Å²) >= 11 is 5.04. The van der Waals surface area contributed by atoms with E-state index >= 15 is 0 Å². The Hall–Kier alpha value is -3.96. The molecule has 2 heterocycles. The Balaban J connectivity index is 1.52. The largest absolute Gasteiger partial charge is 0.493 e. The summed E-state index contributed by atoms with van der Waals surface area (Å²) in [5.41, 5.74) is 3.57. The van der Waals surface area contributed by atoms with Crippen molar-refractivity contribution in [3.05, 3.63) is 93.6 Å². The highest BCUT2D eigenvalue weighted by Crippen LogP contribution is 2.40. The molecule has 0 fully saturated rings. The SMILES string of the molecule is CCOc1ccccc1NC(=O)C1=C(C)Nc2nc(SCC)nn2C1c1ccc(OCc2cccc(Br)c2)c(OC)c1. The molecule has 0 bridgehead atoms. The lowest BCUT2D eigenvalue weighted by Gasteiger charge is -2.29. The molecule has 1 aliphatic heterocycles. The number of hydrogen-bond acceptors (Lipinski definition) is 8. The number of nitrogens with zero attached hydrogens (tertiary/aromatic N) is 3. The number of halogens is 1. The molecule has 5 rings (SSSR count). The van der Waals surface area contributed by atoms with E-state index in [1.807, 2.05) is 87.5 Å². The van der Waals surface area contributed by atoms with Gasteiger partial charge in [-0.05, 0) is 67.1 Å². The van der Waals surface area contributed by atoms with Crippen LogP contribution in [0.15, 0.2) is 87.6 Å². The highest BCUT2D eigenvalue weighted by molar-refractivity contribution is 9.10. The van der Waals surface area contributed by atoms with E-state index in [9.17, 15) is 4.79 Å². The molecule has 11 heteroatoms. The lowest BCUT2D eigenvalue weighted by Crippen LogP contribution is -2.31. The number of carbonyl (C=O) groups is 1. The van der Waals surface area contributed by atoms with E-state index in [2.05, 4.69) is 31.5 Å². The fraction of sp³-hybridized carbons (Fsp3) is 0.258. The Morgan fingerprint density at radius 1 is 1.05 bits per heavy atom. The average molecular weight is 651 g/mol. The molecule has 1 amide bonds. The van der Waals surface area contributed by atoms with Crippen LogP contribution < -0.4 is 24.8 Å². The Kier molecular flexibility index (Phi) is 9.38. The third-order valence-electron chi connectivity index (χ3n) is 6.57. The molecular formula is C31H32BrN5O4S. The van der Waals surface area contributed by atoms with Gasteiger partial charge in [0.25, 0.3) is 5.91 Å². The van der Waals surface area contributed by atoms with E-state index in [-0.39, 0.29) is 5.91 Å². The average Bonchev–Trinajstić information content (AvgIpc) is 3.38. The van der Waals surface area contributed by atoms with E-state index in [0.29, 0.717) is 58.5 Å². The quantitative estimate of drug-likeness (QED) is 0.167. The first-order valence-electron chi connectivity index (χ1n) is 13.6. The molecule has 0 radical (unpaired) electrons. The van der Waals surface area contributed by atoms with E-state index in [1.165, 1.54) is 11.8 Å². The summed E-state index contributed by atoms with van der Waals surface area (Å²) in [4.78, 5) is 18.6. The number of anilines is 2. The van der Waals surface area contributed by atoms with Crippen LogP contribution in [0.5, 0.6) is 17.2 Å². The Morgan fingerprint density at radius 2 is 1.88 bits per heavy atom. The second-order valence-electron chi connectivity index (χ2n) is 9.37. The van der Waals surface area contributed by atoms with Gasteiger partial charge in [-0.1, -0.05) is 64.9 Å². The van der Waals surface area contributed by atoms with Gasteiger partial charge in [-0.15, -0.1) is 5.10 Å². The minimum Gasteiger partial charge on any atom is -0.493 e. The fourth-order valence-electron chi connectivity index (χ4n) is 4.73. The summed E-state index contributed by atoms with van der Waals surface area (Å²) in [7, 11) is 1.60. The third kappa shape index (κ3) is 6.42. The summed E-state index contributed by atoms with van der Waals surface area (Å²) in [6.07, 6.45) is 0. The second kappa shape index (κ2) is 13.3. The number of para-hydroxylation sites is 2. The lowest BCUT2D eigenvalue weighted by molar-refractivity contribution is -0.113. The van der Waals surface area contributed by atoms with E-state index < -0.39 is 6.04 Å². The number of benzene rings is 3. The molecule has 3 aromatic carbocycles. The molecule has 0 saturated heterocycles. The van der Waals surface area contributed by atoms with Crippen LogP contribution in [0.1, 0.15) is 37.9 Å². The summed E-state index contributed by atoms with van der Waals surface area (Å²) in [5, 5.41) is 11.7. The number of allylic oxidation sites excluding steroid dienone is 1. The highest BCUT2D eigenvalue weighted by Gasteiger charge is 2.35. The Bertz CT molecular complexity index is 1620. The van der Waals surface area contributed by atoms with Gasteiger partial charge >= 0.3 is 0 Å². The minimum absolute atomic E-state index is 0.281. The first-order valence-corrected chi connectivity index (χ1v) is 15.3. The highest BCUT2D eigenvalue weighted by atomic mass is 79.9. The van der Waals surface area contributed by atoms with E-state index in [1.54, 1.807) is 11.8 Å². The topological polar surface area (TPSA) is 99.5 Å². The normalized spacial score (nSPS) is 14.2. The van der Waals surface area contributed by atoms with Crippen LogP contribution in [-0.4, -0.2) is 40.1 Å². The van der Waals surface area contributed by atoms with Crippen molar-refractivity contribution in [3.8, 4) is 17.2 Å². The zero-order valence-corrected chi connectivity index (χ0v) is 26.2. The predicted molar refractivity (Wildman–Crippen MR) is 169 cm³/mol. The standard InChI is InChI=1S/C31H32BrN5O4S/c1-5-40-24-13-8-7-12-23(24)34-29(38)27-19(3)33-30-35-31(42-6-2)36-37(30)28(27)21-14-15-25(26(17-21)39-4)41-18-20-10-9-11-22(32)16-20/h7-17,28H,5-6,18H2,1-4H3,(H,34,38)(H,33,35,36). The monoisotopic (exact) mass is 649 g/mol. The number of amides is 1. The number of thioether (sulfide) groups is 1. The molecule has 218 valence electrons. The smallest absolute Gasteiger partial charge is 0.255 e. The van der Waals surface area contributed by atoms with E-state index in [0.717, 1.165) is 21.4 Å². The van der Waals surface area contributed by atoms with E-state index in [4.69, 9.17) is 19.3 Å². The molecule has 0 spiro atoms. The maximum atomic E-state index is 14.0. The van der Waals surface area contributed by atoms with Gasteiger partial charge in [0.1, 0.15) is 18.4 Å². The molecular weight excluding hydrogens is 618 g/mol. The lowest BCUT2D eigenvalue weighted by atomic mass is 9.94. The molecule has 0 aliphatic carbocycles. The van der Waals surface area contributed by atoms with Crippen molar-refractivity contribution in [3.63, 3.8) is 0 Å². The van der Waals surface area contributed by atoms with Crippen LogP contribution >= 0.6 is 27.7 Å². The van der Waals surface area contributed by atoms with Crippen LogP contribution in [-0.2, 0) is 11.4 Å². The Morgan fingerprint density at radius 3 is 2.64 bits per heavy atom. The van der Waals surface area contributed by atoms with Crippen molar-refractivity contribution >= 4 is 45.2 Å². The molecule has 42 heavy (non-hydrogen) atoms. The first kappa shape index (κ1) is 29.5. The fourth-order valence-corrected chi connectivity index (χ4v) is 5.73. The van der Waals surface area contributed by atoms with Gasteiger partial charge in [0.15, 0.2) is 11.5 Å². The number of carbonyl (C=O) groups excluding carboxylic acids is 1. The van der Waals surface area contributed by atoms with Gasteiger partial charge in [-0.3, -0.25) is 4.79 Å². The predicted octanol–water partition coefficient (Wildman–Crippen LogP) is 7.07. The number of aromatic nitrogens is 3. The number of methoxy groups -OCH3 is 1. The zero-order chi connectivity index (χ0) is 29.6. The number of rotatable bonds is 11. The van der Waals surface area contributed by atoms with Crippen LogP contribution in [0.3, 0.4) is 0 Å². The molecule has 4 aromatic rings. The van der Waals surface area contributed by atoms with Crippen molar-refractivity contribution in [1.29, 1.82) is 0 Å². The second-order valence-corrected chi connectivity index (χ2v) is 11.5. The molecule has 9 nitrogen and oxygen atoms in total. The molecule has 2 N–H and O–H groups in total. The Labute approximate surface area is 257 Å². The molecule has 1 atom stereocenters. The van der Waals surface area contributed by atoms with Crippen molar-refractivity contribution in [2.75, 3.05) is 30.1 Å². The summed E-state index contributed by atoms with van der Waals surface area (Å²) in [6, 6.07) is 20.4. The molecule has 0 saturated carbocycles. The van der Waals surface area contributed by atoms with Gasteiger partial charge in [0.2, 0.25) is 11.1 Å². The van der Waals surface area contributed by atoms with Crippen LogP contribution in [0.25, 0.3) is 0 Å². The summed E-state index contributed by atoms with van der Waals surface area (Å²) in [6.45, 7) is 6.68. The number of hydrogen-bond donors (Lipinski definition) is 2. The van der Waals surface area contributed by atoms with Gasteiger partial charge < -0.3 is 24.8 Å². The zero-order valence-electron chi connectivity index (χ0n) is 23.8. The number of ether oxygens (including phenoxy) is 3. The minimum atomic E-state index is -0.577. The van der Waals surface area contributed by atoms with Gasteiger partial charge in [0, 0.05) is 10.2 Å². The maximum Gasteiger partial charge on any atom is 0.255 e. The summed E-state index contributed by atoms with van der Waals surface area (Å²) < 4.78 is 20.4. The van der Waals surface area contributed by atoms with Gasteiger partial charge in [0.05, 0.1) is 25.0 Å². The number of nitrogens with one attached hydrogen (secondary N) is 2. The first-order chi connectivity index (χ1) is 20.4. The summed E-state index contributed by atoms with van der Waals surface area (Å²) in [5.74, 6) is 2.84. The maximum absolute atomic E-state index is 14.0. The van der Waals surface area contributed by atoms with Crippen LogP contribution in [0.4, 0.5) is 11.6 Å². The van der Waals surface area contributed by atoms with Crippen molar-refractivity contribution in [2.45, 2.75) is 38.6 Å². The number of fused-ring (bicyclic) bond motifs is 1. The third-order valence-corrected chi connectivity index (χ3v) is 7.79. The van der Waals surface area contributed by atoms with Crippen LogP contribution in [0.2, 0.25) is 0 Å².